The molecule has 1 fully saturated rings. The van der Waals surface area contributed by atoms with E-state index in [4.69, 9.17) is 0 Å². The molecule has 6 heteroatoms. The van der Waals surface area contributed by atoms with Gasteiger partial charge in [-0.15, -0.1) is 11.3 Å². The van der Waals surface area contributed by atoms with Crippen molar-refractivity contribution in [2.75, 3.05) is 17.3 Å². The first-order valence-corrected chi connectivity index (χ1v) is 8.23. The Balaban J connectivity index is 1.67. The molecular weight excluding hydrogens is 310 g/mol. The van der Waals surface area contributed by atoms with Crippen molar-refractivity contribution in [1.29, 1.82) is 0 Å². The summed E-state index contributed by atoms with van der Waals surface area (Å²) in [6.07, 6.45) is 3.63. The van der Waals surface area contributed by atoms with Gasteiger partial charge in [0.1, 0.15) is 0 Å². The summed E-state index contributed by atoms with van der Waals surface area (Å²) < 4.78 is 0. The monoisotopic (exact) mass is 327 g/mol. The highest BCUT2D eigenvalue weighted by molar-refractivity contribution is 7.14. The van der Waals surface area contributed by atoms with E-state index < -0.39 is 0 Å². The van der Waals surface area contributed by atoms with Gasteiger partial charge in [-0.2, -0.15) is 0 Å². The zero-order valence-corrected chi connectivity index (χ0v) is 13.6. The number of carbonyl (C=O) groups excluding carboxylic acids is 2. The molecule has 3 rings (SSSR count). The van der Waals surface area contributed by atoms with Crippen LogP contribution in [0.2, 0.25) is 0 Å². The van der Waals surface area contributed by atoms with Crippen molar-refractivity contribution in [2.24, 2.45) is 0 Å². The molecule has 23 heavy (non-hydrogen) atoms. The van der Waals surface area contributed by atoms with Gasteiger partial charge in [-0.05, 0) is 43.2 Å². The van der Waals surface area contributed by atoms with Crippen molar-refractivity contribution in [1.82, 2.24) is 4.98 Å². The molecule has 1 aromatic heterocycles. The fourth-order valence-electron chi connectivity index (χ4n) is 2.18. The van der Waals surface area contributed by atoms with E-state index in [1.807, 2.05) is 5.38 Å². The van der Waals surface area contributed by atoms with Crippen molar-refractivity contribution in [3.63, 3.8) is 0 Å². The first-order chi connectivity index (χ1) is 11.1. The van der Waals surface area contributed by atoms with Crippen molar-refractivity contribution in [2.45, 2.75) is 18.8 Å². The van der Waals surface area contributed by atoms with Crippen LogP contribution in [0.3, 0.4) is 0 Å². The van der Waals surface area contributed by atoms with Crippen LogP contribution < -0.4 is 10.2 Å². The Hall–Kier alpha value is -2.47. The van der Waals surface area contributed by atoms with E-state index >= 15 is 0 Å². The number of hydrogen-bond donors (Lipinski definition) is 1. The number of rotatable bonds is 5. The quantitative estimate of drug-likeness (QED) is 0.856. The predicted octanol–water partition coefficient (Wildman–Crippen LogP) is 3.42. The number of benzene rings is 1. The minimum Gasteiger partial charge on any atom is -0.312 e. The molecule has 0 saturated heterocycles. The fourth-order valence-corrected chi connectivity index (χ4v) is 2.97. The minimum atomic E-state index is -0.203. The first kappa shape index (κ1) is 15.4. The lowest BCUT2D eigenvalue weighted by molar-refractivity contribution is -0.113. The summed E-state index contributed by atoms with van der Waals surface area (Å²) in [6.45, 7) is 3.46. The predicted molar refractivity (Wildman–Crippen MR) is 92.1 cm³/mol. The number of thiazole rings is 1. The number of hydrogen-bond acceptors (Lipinski definition) is 4. The molecule has 1 N–H and O–H groups in total. The third-order valence-electron chi connectivity index (χ3n) is 3.76. The standard InChI is InChI=1S/C17H17N3O2S/c1-3-15(21)20(2)13-8-6-12(7-9-13)16(22)19-17-18-14(10-23-17)11-4-5-11/h3,6-11H,1,4-5H2,2H3,(H,18,19,22). The molecule has 1 aromatic carbocycles. The smallest absolute Gasteiger partial charge is 0.257 e. The SMILES string of the molecule is C=CC(=O)N(C)c1ccc(C(=O)Nc2nc(C3CC3)cs2)cc1. The molecule has 0 atom stereocenters. The summed E-state index contributed by atoms with van der Waals surface area (Å²) in [6, 6.07) is 6.83. The summed E-state index contributed by atoms with van der Waals surface area (Å²) in [5.41, 5.74) is 2.30. The van der Waals surface area contributed by atoms with Gasteiger partial charge in [-0.1, -0.05) is 6.58 Å². The molecule has 1 aliphatic carbocycles. The molecule has 0 spiro atoms. The number of likely N-dealkylation sites (N-methyl/N-ethyl adjacent to an activating group) is 1. The highest BCUT2D eigenvalue weighted by Gasteiger charge is 2.26. The Morgan fingerprint density at radius 1 is 1.35 bits per heavy atom. The normalized spacial score (nSPS) is 13.4. The summed E-state index contributed by atoms with van der Waals surface area (Å²) in [5, 5.41) is 5.45. The average molecular weight is 327 g/mol. The van der Waals surface area contributed by atoms with Gasteiger partial charge < -0.3 is 4.90 Å². The lowest BCUT2D eigenvalue weighted by atomic mass is 10.2. The van der Waals surface area contributed by atoms with Gasteiger partial charge in [0.2, 0.25) is 5.91 Å². The van der Waals surface area contributed by atoms with Gasteiger partial charge in [0.15, 0.2) is 5.13 Å². The Kier molecular flexibility index (Phi) is 4.25. The van der Waals surface area contributed by atoms with Gasteiger partial charge >= 0.3 is 0 Å². The van der Waals surface area contributed by atoms with Crippen LogP contribution in [0.5, 0.6) is 0 Å². The molecule has 1 heterocycles. The number of carbonyl (C=O) groups is 2. The third-order valence-corrected chi connectivity index (χ3v) is 4.54. The zero-order chi connectivity index (χ0) is 16.4. The van der Waals surface area contributed by atoms with Crippen molar-refractivity contribution in [3.8, 4) is 0 Å². The van der Waals surface area contributed by atoms with Gasteiger partial charge in [0.25, 0.3) is 5.91 Å². The van der Waals surface area contributed by atoms with E-state index in [9.17, 15) is 9.59 Å². The zero-order valence-electron chi connectivity index (χ0n) is 12.8. The molecule has 0 unspecified atom stereocenters. The van der Waals surface area contributed by atoms with Gasteiger partial charge in [-0.3, -0.25) is 14.9 Å². The van der Waals surface area contributed by atoms with E-state index in [-0.39, 0.29) is 11.8 Å². The summed E-state index contributed by atoms with van der Waals surface area (Å²) in [5.74, 6) is 0.178. The van der Waals surface area contributed by atoms with Gasteiger partial charge in [-0.25, -0.2) is 4.98 Å². The second kappa shape index (κ2) is 6.34. The van der Waals surface area contributed by atoms with Crippen LogP contribution in [-0.4, -0.2) is 23.8 Å². The topological polar surface area (TPSA) is 62.3 Å². The first-order valence-electron chi connectivity index (χ1n) is 7.35. The van der Waals surface area contributed by atoms with Crippen LogP contribution in [0.4, 0.5) is 10.8 Å². The Bertz CT molecular complexity index is 747. The van der Waals surface area contributed by atoms with Crippen LogP contribution in [0.25, 0.3) is 0 Å². The minimum absolute atomic E-state index is 0.197. The van der Waals surface area contributed by atoms with Crippen molar-refractivity contribution in [3.05, 3.63) is 53.6 Å². The van der Waals surface area contributed by atoms with E-state index in [1.165, 1.54) is 35.2 Å². The van der Waals surface area contributed by atoms with E-state index in [0.29, 0.717) is 22.3 Å². The van der Waals surface area contributed by atoms with Crippen LogP contribution in [0, 0.1) is 0 Å². The van der Waals surface area contributed by atoms with Crippen LogP contribution in [0.15, 0.2) is 42.3 Å². The van der Waals surface area contributed by atoms with Crippen molar-refractivity contribution < 1.29 is 9.59 Å². The number of nitrogens with zero attached hydrogens (tertiary/aromatic N) is 2. The number of aromatic nitrogens is 1. The molecule has 2 amide bonds. The molecule has 0 radical (unpaired) electrons. The Morgan fingerprint density at radius 2 is 2.04 bits per heavy atom. The van der Waals surface area contributed by atoms with Gasteiger partial charge in [0, 0.05) is 29.6 Å². The molecule has 5 nitrogen and oxygen atoms in total. The molecule has 0 bridgehead atoms. The maximum atomic E-state index is 12.2. The van der Waals surface area contributed by atoms with Crippen LogP contribution in [0.1, 0.15) is 34.8 Å². The highest BCUT2D eigenvalue weighted by Crippen LogP contribution is 2.40. The lowest BCUT2D eigenvalue weighted by Gasteiger charge is -2.15. The summed E-state index contributed by atoms with van der Waals surface area (Å²) >= 11 is 1.45. The Labute approximate surface area is 138 Å². The number of nitrogens with one attached hydrogen (secondary N) is 1. The Morgan fingerprint density at radius 3 is 2.65 bits per heavy atom. The second-order valence-corrected chi connectivity index (χ2v) is 6.31. The fraction of sp³-hybridized carbons (Fsp3) is 0.235. The second-order valence-electron chi connectivity index (χ2n) is 5.45. The molecule has 118 valence electrons. The third kappa shape index (κ3) is 3.48. The maximum Gasteiger partial charge on any atom is 0.257 e. The number of anilines is 2. The van der Waals surface area contributed by atoms with E-state index in [1.54, 1.807) is 31.3 Å². The largest absolute Gasteiger partial charge is 0.312 e. The molecule has 1 aliphatic rings. The average Bonchev–Trinajstić information content (AvgIpc) is 3.33. The maximum absolute atomic E-state index is 12.2. The summed E-state index contributed by atoms with van der Waals surface area (Å²) in [4.78, 5) is 29.7. The van der Waals surface area contributed by atoms with Gasteiger partial charge in [0.05, 0.1) is 5.69 Å². The molecule has 2 aromatic rings. The summed E-state index contributed by atoms with van der Waals surface area (Å²) in [7, 11) is 1.66. The molecule has 0 aliphatic heterocycles. The lowest BCUT2D eigenvalue weighted by Crippen LogP contribution is -2.23. The van der Waals surface area contributed by atoms with Crippen LogP contribution in [-0.2, 0) is 4.79 Å². The highest BCUT2D eigenvalue weighted by atomic mass is 32.1. The van der Waals surface area contributed by atoms with E-state index in [2.05, 4.69) is 16.9 Å². The van der Waals surface area contributed by atoms with Crippen molar-refractivity contribution >= 4 is 34.0 Å². The molecule has 1 saturated carbocycles. The molecular formula is C17H17N3O2S. The van der Waals surface area contributed by atoms with Crippen LogP contribution >= 0.6 is 11.3 Å². The number of amides is 2. The van der Waals surface area contributed by atoms with E-state index in [0.717, 1.165) is 5.69 Å².